The van der Waals surface area contributed by atoms with Crippen molar-refractivity contribution in [3.05, 3.63) is 95.1 Å². The number of ether oxygens (including phenoxy) is 2. The van der Waals surface area contributed by atoms with Crippen LogP contribution in [0.15, 0.2) is 77.9 Å². The van der Waals surface area contributed by atoms with Gasteiger partial charge in [0.25, 0.3) is 0 Å². The summed E-state index contributed by atoms with van der Waals surface area (Å²) in [6.45, 7) is 6.12. The topological polar surface area (TPSA) is 71.4 Å². The number of aryl methyl sites for hydroxylation is 1. The molecular weight excluding hydrogens is 452 g/mol. The largest absolute Gasteiger partial charge is 0.482 e. The molecule has 0 amide bonds. The number of carbonyl (C=O) groups is 1. The summed E-state index contributed by atoms with van der Waals surface area (Å²) in [6, 6.07) is 25.1. The van der Waals surface area contributed by atoms with Crippen LogP contribution in [0.4, 0.5) is 5.69 Å². The van der Waals surface area contributed by atoms with Gasteiger partial charge >= 0.3 is 5.97 Å². The van der Waals surface area contributed by atoms with Crippen LogP contribution in [0.25, 0.3) is 0 Å². The predicted octanol–water partition coefficient (Wildman–Crippen LogP) is 5.64. The number of hydrazone groups is 1. The summed E-state index contributed by atoms with van der Waals surface area (Å²) in [7, 11) is 0. The summed E-state index contributed by atoms with van der Waals surface area (Å²) >= 11 is 0. The van der Waals surface area contributed by atoms with Gasteiger partial charge in [-0.1, -0.05) is 69.3 Å². The molecule has 0 radical (unpaired) electrons. The molecule has 1 aliphatic rings. The minimum Gasteiger partial charge on any atom is -0.482 e. The van der Waals surface area contributed by atoms with E-state index in [0.717, 1.165) is 35.4 Å². The van der Waals surface area contributed by atoms with E-state index in [1.807, 2.05) is 24.3 Å². The average molecular weight is 487 g/mol. The van der Waals surface area contributed by atoms with Gasteiger partial charge in [0.15, 0.2) is 6.61 Å². The number of esters is 1. The summed E-state index contributed by atoms with van der Waals surface area (Å²) < 4.78 is 10.4. The smallest absolute Gasteiger partial charge is 0.344 e. The number of aliphatic hydroxyl groups excluding tert-OH is 1. The molecule has 3 aromatic rings. The fourth-order valence-electron chi connectivity index (χ4n) is 4.26. The molecule has 1 N–H and O–H groups in total. The monoisotopic (exact) mass is 486 g/mol. The van der Waals surface area contributed by atoms with Gasteiger partial charge in [0.1, 0.15) is 12.4 Å². The molecule has 6 heteroatoms. The molecule has 1 aliphatic heterocycles. The first-order valence-electron chi connectivity index (χ1n) is 12.5. The Kier molecular flexibility index (Phi) is 8.39. The number of anilines is 1. The van der Waals surface area contributed by atoms with Gasteiger partial charge < -0.3 is 14.6 Å². The van der Waals surface area contributed by atoms with Crippen LogP contribution in [0, 0.1) is 0 Å². The van der Waals surface area contributed by atoms with Gasteiger partial charge in [-0.25, -0.2) is 4.79 Å². The molecule has 1 unspecified atom stereocenters. The maximum Gasteiger partial charge on any atom is 0.344 e. The summed E-state index contributed by atoms with van der Waals surface area (Å²) in [5.41, 5.74) is 6.97. The minimum atomic E-state index is -0.507. The van der Waals surface area contributed by atoms with Gasteiger partial charge in [-0.15, -0.1) is 0 Å². The van der Waals surface area contributed by atoms with Gasteiger partial charge in [-0.3, -0.25) is 5.01 Å². The number of carbonyl (C=O) groups excluding carboxylic acids is 1. The highest BCUT2D eigenvalue weighted by molar-refractivity contribution is 6.03. The van der Waals surface area contributed by atoms with Crippen LogP contribution >= 0.6 is 0 Å². The van der Waals surface area contributed by atoms with Crippen molar-refractivity contribution in [3.63, 3.8) is 0 Å². The van der Waals surface area contributed by atoms with E-state index in [0.29, 0.717) is 11.7 Å². The Morgan fingerprint density at radius 3 is 2.33 bits per heavy atom. The molecule has 6 nitrogen and oxygen atoms in total. The molecule has 0 aromatic heterocycles. The lowest BCUT2D eigenvalue weighted by Gasteiger charge is -2.24. The highest BCUT2D eigenvalue weighted by Gasteiger charge is 2.30. The van der Waals surface area contributed by atoms with Gasteiger partial charge in [0.2, 0.25) is 0 Å². The fourth-order valence-corrected chi connectivity index (χ4v) is 4.26. The van der Waals surface area contributed by atoms with Crippen LogP contribution < -0.4 is 9.75 Å². The second kappa shape index (κ2) is 11.9. The van der Waals surface area contributed by atoms with Crippen molar-refractivity contribution >= 4 is 17.4 Å². The molecule has 0 spiro atoms. The van der Waals surface area contributed by atoms with E-state index in [9.17, 15) is 4.79 Å². The van der Waals surface area contributed by atoms with Crippen LogP contribution in [0.5, 0.6) is 5.75 Å². The molecule has 36 heavy (non-hydrogen) atoms. The first kappa shape index (κ1) is 25.5. The van der Waals surface area contributed by atoms with Crippen molar-refractivity contribution in [3.8, 4) is 5.75 Å². The standard InChI is InChI=1S/C30H34N2O4/c1-4-22-5-7-24(8-6-22)28-19-29(32(31-28)26-13-9-23(10-14-26)21(2)3)25-11-15-27(16-12-25)36-20-30(34)35-18-17-33/h5-16,21,29,33H,4,17-20H2,1-3H3. The van der Waals surface area contributed by atoms with Crippen molar-refractivity contribution in [1.29, 1.82) is 0 Å². The zero-order valence-corrected chi connectivity index (χ0v) is 21.2. The third-order valence-corrected chi connectivity index (χ3v) is 6.41. The van der Waals surface area contributed by atoms with E-state index in [1.165, 1.54) is 11.1 Å². The Bertz CT molecular complexity index is 1170. The van der Waals surface area contributed by atoms with E-state index in [1.54, 1.807) is 0 Å². The highest BCUT2D eigenvalue weighted by atomic mass is 16.6. The third kappa shape index (κ3) is 6.13. The quantitative estimate of drug-likeness (QED) is 0.376. The Hall–Kier alpha value is -3.64. The normalized spacial score (nSPS) is 15.2. The van der Waals surface area contributed by atoms with E-state index < -0.39 is 5.97 Å². The molecule has 3 aromatic carbocycles. The minimum absolute atomic E-state index is 0.0275. The summed E-state index contributed by atoms with van der Waals surface area (Å²) in [4.78, 5) is 11.6. The molecule has 188 valence electrons. The SMILES string of the molecule is CCc1ccc(C2=NN(c3ccc(C(C)C)cc3)C(c3ccc(OCC(=O)OCCO)cc3)C2)cc1. The summed E-state index contributed by atoms with van der Waals surface area (Å²) in [5, 5.41) is 15.9. The summed E-state index contributed by atoms with van der Waals surface area (Å²) in [5.74, 6) is 0.548. The number of aliphatic hydroxyl groups is 1. The molecular formula is C30H34N2O4. The van der Waals surface area contributed by atoms with Crippen molar-refractivity contribution in [2.24, 2.45) is 5.10 Å². The number of hydrogen-bond acceptors (Lipinski definition) is 6. The second-order valence-corrected chi connectivity index (χ2v) is 9.21. The van der Waals surface area contributed by atoms with Crippen molar-refractivity contribution < 1.29 is 19.4 Å². The number of hydrogen-bond donors (Lipinski definition) is 1. The Morgan fingerprint density at radius 2 is 1.72 bits per heavy atom. The molecule has 0 saturated heterocycles. The maximum atomic E-state index is 11.6. The molecule has 0 bridgehead atoms. The van der Waals surface area contributed by atoms with E-state index in [2.05, 4.69) is 74.3 Å². The average Bonchev–Trinajstić information content (AvgIpc) is 3.36. The zero-order chi connectivity index (χ0) is 25.5. The van der Waals surface area contributed by atoms with Crippen LogP contribution in [0.3, 0.4) is 0 Å². The Morgan fingerprint density at radius 1 is 1.03 bits per heavy atom. The van der Waals surface area contributed by atoms with E-state index >= 15 is 0 Å². The third-order valence-electron chi connectivity index (χ3n) is 6.41. The van der Waals surface area contributed by atoms with Gasteiger partial charge in [0, 0.05) is 6.42 Å². The molecule has 0 aliphatic carbocycles. The van der Waals surface area contributed by atoms with E-state index in [4.69, 9.17) is 19.7 Å². The van der Waals surface area contributed by atoms with E-state index in [-0.39, 0.29) is 25.9 Å². The molecule has 0 saturated carbocycles. The lowest BCUT2D eigenvalue weighted by molar-refractivity contribution is -0.146. The lowest BCUT2D eigenvalue weighted by Crippen LogP contribution is -2.19. The van der Waals surface area contributed by atoms with Crippen molar-refractivity contribution in [2.75, 3.05) is 24.8 Å². The Balaban J connectivity index is 1.56. The molecule has 1 heterocycles. The van der Waals surface area contributed by atoms with Gasteiger partial charge in [0.05, 0.1) is 24.0 Å². The second-order valence-electron chi connectivity index (χ2n) is 9.21. The Labute approximate surface area is 213 Å². The first-order chi connectivity index (χ1) is 17.5. The van der Waals surface area contributed by atoms with Crippen LogP contribution in [0.2, 0.25) is 0 Å². The van der Waals surface area contributed by atoms with Crippen LogP contribution in [-0.2, 0) is 16.0 Å². The zero-order valence-electron chi connectivity index (χ0n) is 21.2. The summed E-state index contributed by atoms with van der Waals surface area (Å²) in [6.07, 6.45) is 1.79. The predicted molar refractivity (Wildman–Crippen MR) is 143 cm³/mol. The fraction of sp³-hybridized carbons (Fsp3) is 0.333. The number of rotatable bonds is 10. The van der Waals surface area contributed by atoms with Crippen LogP contribution in [-0.4, -0.2) is 36.6 Å². The molecule has 0 fully saturated rings. The maximum absolute atomic E-state index is 11.6. The van der Waals surface area contributed by atoms with Crippen molar-refractivity contribution in [2.45, 2.75) is 45.6 Å². The van der Waals surface area contributed by atoms with Gasteiger partial charge in [-0.05, 0) is 58.9 Å². The first-order valence-corrected chi connectivity index (χ1v) is 12.5. The van der Waals surface area contributed by atoms with Crippen molar-refractivity contribution in [1.82, 2.24) is 0 Å². The van der Waals surface area contributed by atoms with Crippen LogP contribution in [0.1, 0.15) is 61.4 Å². The number of nitrogens with zero attached hydrogens (tertiary/aromatic N) is 2. The molecule has 1 atom stereocenters. The number of benzene rings is 3. The molecule has 4 rings (SSSR count). The highest BCUT2D eigenvalue weighted by Crippen LogP contribution is 2.37. The lowest BCUT2D eigenvalue weighted by atomic mass is 9.97. The van der Waals surface area contributed by atoms with Gasteiger partial charge in [-0.2, -0.15) is 5.10 Å².